The summed E-state index contributed by atoms with van der Waals surface area (Å²) in [6, 6.07) is 10.2. The largest absolute Gasteiger partial charge is 0.472 e. The number of anilines is 1. The molecule has 2 saturated heterocycles. The topological polar surface area (TPSA) is 54.9 Å². The monoisotopic (exact) mass is 371 g/mol. The lowest BCUT2D eigenvalue weighted by atomic mass is 10.2. The maximum Gasteiger partial charge on any atom is 0.255 e. The van der Waals surface area contributed by atoms with Gasteiger partial charge in [-0.15, -0.1) is 0 Å². The first kappa shape index (κ1) is 17.7. The summed E-state index contributed by atoms with van der Waals surface area (Å²) >= 11 is 0. The minimum absolute atomic E-state index is 0.0329. The third-order valence-electron chi connectivity index (χ3n) is 4.92. The van der Waals surface area contributed by atoms with Crippen molar-refractivity contribution in [2.75, 3.05) is 44.3 Å². The minimum Gasteiger partial charge on any atom is -0.472 e. The molecule has 0 spiro atoms. The number of halogens is 1. The van der Waals surface area contributed by atoms with Crippen molar-refractivity contribution < 1.29 is 18.7 Å². The van der Waals surface area contributed by atoms with E-state index in [0.717, 1.165) is 6.42 Å². The van der Waals surface area contributed by atoms with Crippen LogP contribution in [0.5, 0.6) is 5.88 Å². The van der Waals surface area contributed by atoms with E-state index in [1.54, 1.807) is 35.4 Å². The number of hydrogen-bond donors (Lipinski definition) is 0. The fourth-order valence-electron chi connectivity index (χ4n) is 3.39. The van der Waals surface area contributed by atoms with Crippen LogP contribution in [0, 0.1) is 5.82 Å². The number of rotatable bonds is 4. The van der Waals surface area contributed by atoms with E-state index in [1.807, 2.05) is 11.0 Å². The Morgan fingerprint density at radius 3 is 2.63 bits per heavy atom. The zero-order chi connectivity index (χ0) is 18.6. The molecule has 3 heterocycles. The first-order chi connectivity index (χ1) is 13.2. The van der Waals surface area contributed by atoms with E-state index in [1.165, 1.54) is 6.07 Å². The highest BCUT2D eigenvalue weighted by Crippen LogP contribution is 2.21. The molecule has 0 radical (unpaired) electrons. The molecule has 1 amide bonds. The maximum atomic E-state index is 13.9. The van der Waals surface area contributed by atoms with Crippen LogP contribution in [-0.2, 0) is 4.74 Å². The molecule has 2 aliphatic heterocycles. The van der Waals surface area contributed by atoms with Gasteiger partial charge in [0.1, 0.15) is 11.9 Å². The molecule has 0 aliphatic carbocycles. The SMILES string of the molecule is O=C(c1ccc(O[C@@H]2CCOC2)nc1)N1CCN(c2ccccc2F)CC1. The van der Waals surface area contributed by atoms with Crippen LogP contribution in [0.1, 0.15) is 16.8 Å². The third-order valence-corrected chi connectivity index (χ3v) is 4.92. The van der Waals surface area contributed by atoms with Crippen molar-refractivity contribution in [1.29, 1.82) is 0 Å². The quantitative estimate of drug-likeness (QED) is 0.826. The molecule has 0 N–H and O–H groups in total. The van der Waals surface area contributed by atoms with Gasteiger partial charge >= 0.3 is 0 Å². The molecule has 1 atom stereocenters. The van der Waals surface area contributed by atoms with Crippen LogP contribution >= 0.6 is 0 Å². The maximum absolute atomic E-state index is 13.9. The van der Waals surface area contributed by atoms with Crippen molar-refractivity contribution >= 4 is 11.6 Å². The van der Waals surface area contributed by atoms with E-state index < -0.39 is 0 Å². The molecule has 1 aromatic heterocycles. The Labute approximate surface area is 157 Å². The van der Waals surface area contributed by atoms with E-state index in [0.29, 0.717) is 56.5 Å². The van der Waals surface area contributed by atoms with Gasteiger partial charge in [-0.3, -0.25) is 4.79 Å². The summed E-state index contributed by atoms with van der Waals surface area (Å²) in [7, 11) is 0. The number of piperazine rings is 1. The molecule has 2 aliphatic rings. The molecule has 0 bridgehead atoms. The molecule has 4 rings (SSSR count). The Hall–Kier alpha value is -2.67. The Balaban J connectivity index is 1.34. The highest BCUT2D eigenvalue weighted by molar-refractivity contribution is 5.94. The molecular weight excluding hydrogens is 349 g/mol. The summed E-state index contributed by atoms with van der Waals surface area (Å²) in [5.41, 5.74) is 1.12. The molecule has 6 nitrogen and oxygen atoms in total. The third kappa shape index (κ3) is 4.03. The summed E-state index contributed by atoms with van der Waals surface area (Å²) in [6.07, 6.45) is 2.44. The summed E-state index contributed by atoms with van der Waals surface area (Å²) in [6.45, 7) is 3.58. The summed E-state index contributed by atoms with van der Waals surface area (Å²) in [5.74, 6) is 0.211. The smallest absolute Gasteiger partial charge is 0.255 e. The molecule has 0 unspecified atom stereocenters. The predicted octanol–water partition coefficient (Wildman–Crippen LogP) is 2.35. The Bertz CT molecular complexity index is 785. The predicted molar refractivity (Wildman–Crippen MR) is 98.6 cm³/mol. The first-order valence-corrected chi connectivity index (χ1v) is 9.20. The second-order valence-electron chi connectivity index (χ2n) is 6.72. The zero-order valence-corrected chi connectivity index (χ0v) is 15.0. The lowest BCUT2D eigenvalue weighted by molar-refractivity contribution is 0.0746. The van der Waals surface area contributed by atoms with E-state index in [2.05, 4.69) is 4.98 Å². The molecule has 7 heteroatoms. The van der Waals surface area contributed by atoms with E-state index in [9.17, 15) is 9.18 Å². The van der Waals surface area contributed by atoms with Crippen molar-refractivity contribution in [3.63, 3.8) is 0 Å². The highest BCUT2D eigenvalue weighted by Gasteiger charge is 2.24. The number of ether oxygens (including phenoxy) is 2. The number of carbonyl (C=O) groups is 1. The molecule has 27 heavy (non-hydrogen) atoms. The van der Waals surface area contributed by atoms with Crippen LogP contribution in [0.2, 0.25) is 0 Å². The van der Waals surface area contributed by atoms with Crippen molar-refractivity contribution in [1.82, 2.24) is 9.88 Å². The number of hydrogen-bond acceptors (Lipinski definition) is 5. The van der Waals surface area contributed by atoms with Gasteiger partial charge in [0.05, 0.1) is 24.5 Å². The van der Waals surface area contributed by atoms with Crippen LogP contribution in [0.25, 0.3) is 0 Å². The number of benzene rings is 1. The lowest BCUT2D eigenvalue weighted by Crippen LogP contribution is -2.49. The van der Waals surface area contributed by atoms with Gasteiger partial charge in [0, 0.05) is 44.9 Å². The van der Waals surface area contributed by atoms with Gasteiger partial charge in [0.2, 0.25) is 5.88 Å². The van der Waals surface area contributed by atoms with Crippen LogP contribution in [-0.4, -0.2) is 61.3 Å². The fourth-order valence-corrected chi connectivity index (χ4v) is 3.39. The van der Waals surface area contributed by atoms with Crippen LogP contribution < -0.4 is 9.64 Å². The Kier molecular flexibility index (Phi) is 5.20. The molecular formula is C20H22FN3O3. The minimum atomic E-state index is -0.232. The number of nitrogens with zero attached hydrogens (tertiary/aromatic N) is 3. The zero-order valence-electron chi connectivity index (χ0n) is 15.0. The van der Waals surface area contributed by atoms with Crippen molar-refractivity contribution in [2.24, 2.45) is 0 Å². The summed E-state index contributed by atoms with van der Waals surface area (Å²) < 4.78 is 24.9. The molecule has 0 saturated carbocycles. The number of carbonyl (C=O) groups excluding carboxylic acids is 1. The fraction of sp³-hybridized carbons (Fsp3) is 0.400. The second kappa shape index (κ2) is 7.92. The van der Waals surface area contributed by atoms with Gasteiger partial charge in [0.25, 0.3) is 5.91 Å². The first-order valence-electron chi connectivity index (χ1n) is 9.20. The van der Waals surface area contributed by atoms with Gasteiger partial charge in [0.15, 0.2) is 0 Å². The van der Waals surface area contributed by atoms with Gasteiger partial charge in [-0.05, 0) is 18.2 Å². The molecule has 142 valence electrons. The van der Waals surface area contributed by atoms with Crippen LogP contribution in [0.15, 0.2) is 42.6 Å². The van der Waals surface area contributed by atoms with E-state index >= 15 is 0 Å². The van der Waals surface area contributed by atoms with Gasteiger partial charge in [-0.25, -0.2) is 9.37 Å². The van der Waals surface area contributed by atoms with Crippen molar-refractivity contribution in [3.05, 3.63) is 54.0 Å². The number of aromatic nitrogens is 1. The standard InChI is InChI=1S/C20H22FN3O3/c21-17-3-1-2-4-18(17)23-8-10-24(11-9-23)20(25)15-5-6-19(22-13-15)27-16-7-12-26-14-16/h1-6,13,16H,7-12,14H2/t16-/m1/s1. The van der Waals surface area contributed by atoms with Gasteiger partial charge in [-0.2, -0.15) is 0 Å². The van der Waals surface area contributed by atoms with Crippen LogP contribution in [0.3, 0.4) is 0 Å². The summed E-state index contributed by atoms with van der Waals surface area (Å²) in [4.78, 5) is 20.7. The van der Waals surface area contributed by atoms with Gasteiger partial charge < -0.3 is 19.3 Å². The Morgan fingerprint density at radius 2 is 1.96 bits per heavy atom. The van der Waals surface area contributed by atoms with E-state index in [4.69, 9.17) is 9.47 Å². The normalized spacial score (nSPS) is 20.0. The lowest BCUT2D eigenvalue weighted by Gasteiger charge is -2.36. The van der Waals surface area contributed by atoms with Crippen molar-refractivity contribution in [3.8, 4) is 5.88 Å². The van der Waals surface area contributed by atoms with Crippen molar-refractivity contribution in [2.45, 2.75) is 12.5 Å². The molecule has 1 aromatic carbocycles. The highest BCUT2D eigenvalue weighted by atomic mass is 19.1. The summed E-state index contributed by atoms with van der Waals surface area (Å²) in [5, 5.41) is 0. The number of pyridine rings is 1. The Morgan fingerprint density at radius 1 is 1.15 bits per heavy atom. The average molecular weight is 371 g/mol. The molecule has 2 fully saturated rings. The van der Waals surface area contributed by atoms with E-state index in [-0.39, 0.29) is 17.8 Å². The number of amides is 1. The average Bonchev–Trinajstić information content (AvgIpc) is 3.22. The van der Waals surface area contributed by atoms with Gasteiger partial charge in [-0.1, -0.05) is 12.1 Å². The van der Waals surface area contributed by atoms with Crippen LogP contribution in [0.4, 0.5) is 10.1 Å². The second-order valence-corrected chi connectivity index (χ2v) is 6.72. The molecule has 2 aromatic rings. The number of para-hydroxylation sites is 1.